The highest BCUT2D eigenvalue weighted by molar-refractivity contribution is 5.29. The van der Waals surface area contributed by atoms with Crippen molar-refractivity contribution in [2.24, 2.45) is 0 Å². The van der Waals surface area contributed by atoms with Crippen molar-refractivity contribution in [3.8, 4) is 11.9 Å². The topological polar surface area (TPSA) is 62.0 Å². The van der Waals surface area contributed by atoms with Crippen LogP contribution < -0.4 is 4.74 Å². The molecule has 0 spiro atoms. The molecular formula is C11H14N4O. The second kappa shape index (κ2) is 5.42. The molecule has 0 saturated carbocycles. The van der Waals surface area contributed by atoms with Gasteiger partial charge in [0, 0.05) is 18.9 Å². The Morgan fingerprint density at radius 3 is 2.81 bits per heavy atom. The summed E-state index contributed by atoms with van der Waals surface area (Å²) in [5.74, 6) is 0.337. The fourth-order valence-corrected chi connectivity index (χ4v) is 1.79. The largest absolute Gasteiger partial charge is 0.474 e. The molecule has 1 fully saturated rings. The zero-order valence-electron chi connectivity index (χ0n) is 9.09. The Balaban J connectivity index is 1.82. The molecule has 0 atom stereocenters. The molecule has 0 radical (unpaired) electrons. The Bertz CT molecular complexity index is 382. The van der Waals surface area contributed by atoms with E-state index in [1.165, 1.54) is 25.2 Å². The lowest BCUT2D eigenvalue weighted by atomic mass is 10.4. The first-order valence-corrected chi connectivity index (χ1v) is 5.46. The van der Waals surface area contributed by atoms with Gasteiger partial charge in [-0.3, -0.25) is 4.90 Å². The van der Waals surface area contributed by atoms with Gasteiger partial charge >= 0.3 is 0 Å². The fourth-order valence-electron chi connectivity index (χ4n) is 1.79. The van der Waals surface area contributed by atoms with Gasteiger partial charge in [0.25, 0.3) is 5.88 Å². The standard InChI is InChI=1S/C11H14N4O/c12-9-10-11(14-4-3-13-10)16-8-7-15-5-1-2-6-15/h3-4H,1-2,5-8H2. The number of hydrogen-bond donors (Lipinski definition) is 0. The molecule has 0 aliphatic carbocycles. The van der Waals surface area contributed by atoms with Crippen molar-refractivity contribution in [2.45, 2.75) is 12.8 Å². The summed E-state index contributed by atoms with van der Waals surface area (Å²) in [5.41, 5.74) is 0.254. The molecule has 0 unspecified atom stereocenters. The zero-order chi connectivity index (χ0) is 11.2. The molecule has 16 heavy (non-hydrogen) atoms. The van der Waals surface area contributed by atoms with Crippen LogP contribution in [0, 0.1) is 11.3 Å². The fraction of sp³-hybridized carbons (Fsp3) is 0.545. The lowest BCUT2D eigenvalue weighted by Gasteiger charge is -2.14. The van der Waals surface area contributed by atoms with Crippen molar-refractivity contribution in [3.05, 3.63) is 18.1 Å². The summed E-state index contributed by atoms with van der Waals surface area (Å²) in [5, 5.41) is 8.79. The van der Waals surface area contributed by atoms with Crippen LogP contribution in [0.1, 0.15) is 18.5 Å². The van der Waals surface area contributed by atoms with Gasteiger partial charge in [-0.15, -0.1) is 0 Å². The van der Waals surface area contributed by atoms with Crippen LogP contribution in [0.5, 0.6) is 5.88 Å². The van der Waals surface area contributed by atoms with Crippen LogP contribution in [0.15, 0.2) is 12.4 Å². The van der Waals surface area contributed by atoms with Gasteiger partial charge in [0.2, 0.25) is 5.69 Å². The van der Waals surface area contributed by atoms with Crippen LogP contribution in [0.3, 0.4) is 0 Å². The first kappa shape index (κ1) is 10.8. The van der Waals surface area contributed by atoms with Gasteiger partial charge in [-0.2, -0.15) is 5.26 Å². The minimum atomic E-state index is 0.254. The maximum Gasteiger partial charge on any atom is 0.251 e. The van der Waals surface area contributed by atoms with Crippen LogP contribution in [-0.4, -0.2) is 41.1 Å². The molecule has 1 aromatic heterocycles. The van der Waals surface area contributed by atoms with Gasteiger partial charge in [-0.1, -0.05) is 0 Å². The maximum absolute atomic E-state index is 8.79. The average Bonchev–Trinajstić information content (AvgIpc) is 2.83. The number of ether oxygens (including phenoxy) is 1. The number of nitriles is 1. The highest BCUT2D eigenvalue weighted by atomic mass is 16.5. The number of hydrogen-bond acceptors (Lipinski definition) is 5. The normalized spacial score (nSPS) is 15.9. The number of aromatic nitrogens is 2. The number of likely N-dealkylation sites (tertiary alicyclic amines) is 1. The predicted molar refractivity (Wildman–Crippen MR) is 57.9 cm³/mol. The highest BCUT2D eigenvalue weighted by Crippen LogP contribution is 2.10. The van der Waals surface area contributed by atoms with Crippen LogP contribution in [-0.2, 0) is 0 Å². The molecule has 1 saturated heterocycles. The molecule has 1 aliphatic rings. The Morgan fingerprint density at radius 1 is 1.31 bits per heavy atom. The molecule has 0 aromatic carbocycles. The summed E-state index contributed by atoms with van der Waals surface area (Å²) in [7, 11) is 0. The van der Waals surface area contributed by atoms with E-state index in [4.69, 9.17) is 10.00 Å². The molecular weight excluding hydrogens is 204 g/mol. The van der Waals surface area contributed by atoms with Gasteiger partial charge in [0.15, 0.2) is 0 Å². The summed E-state index contributed by atoms with van der Waals surface area (Å²) in [4.78, 5) is 10.2. The van der Waals surface area contributed by atoms with E-state index in [1.54, 1.807) is 0 Å². The third-order valence-electron chi connectivity index (χ3n) is 2.62. The highest BCUT2D eigenvalue weighted by Gasteiger charge is 2.11. The second-order valence-corrected chi connectivity index (χ2v) is 3.72. The minimum Gasteiger partial charge on any atom is -0.474 e. The molecule has 1 aliphatic heterocycles. The van der Waals surface area contributed by atoms with E-state index >= 15 is 0 Å². The van der Waals surface area contributed by atoms with Crippen molar-refractivity contribution in [2.75, 3.05) is 26.2 Å². The Hall–Kier alpha value is -1.67. The van der Waals surface area contributed by atoms with E-state index in [2.05, 4.69) is 14.9 Å². The van der Waals surface area contributed by atoms with Gasteiger partial charge in [-0.05, 0) is 25.9 Å². The van der Waals surface area contributed by atoms with E-state index in [9.17, 15) is 0 Å². The lowest BCUT2D eigenvalue weighted by Crippen LogP contribution is -2.25. The van der Waals surface area contributed by atoms with Gasteiger partial charge < -0.3 is 4.74 Å². The molecule has 2 rings (SSSR count). The van der Waals surface area contributed by atoms with Crippen molar-refractivity contribution in [3.63, 3.8) is 0 Å². The molecule has 0 N–H and O–H groups in total. The van der Waals surface area contributed by atoms with Gasteiger partial charge in [0.05, 0.1) is 0 Å². The Labute approximate surface area is 94.7 Å². The van der Waals surface area contributed by atoms with Crippen molar-refractivity contribution in [1.29, 1.82) is 5.26 Å². The Kier molecular flexibility index (Phi) is 3.67. The van der Waals surface area contributed by atoms with E-state index in [0.717, 1.165) is 19.6 Å². The molecule has 0 bridgehead atoms. The third-order valence-corrected chi connectivity index (χ3v) is 2.62. The summed E-state index contributed by atoms with van der Waals surface area (Å²) in [6.45, 7) is 3.75. The molecule has 5 heteroatoms. The molecule has 5 nitrogen and oxygen atoms in total. The molecule has 0 amide bonds. The smallest absolute Gasteiger partial charge is 0.251 e. The summed E-state index contributed by atoms with van der Waals surface area (Å²) in [6.07, 6.45) is 5.57. The zero-order valence-corrected chi connectivity index (χ0v) is 9.09. The molecule has 84 valence electrons. The van der Waals surface area contributed by atoms with Gasteiger partial charge in [-0.25, -0.2) is 9.97 Å². The monoisotopic (exact) mass is 218 g/mol. The van der Waals surface area contributed by atoms with Crippen LogP contribution in [0.25, 0.3) is 0 Å². The van der Waals surface area contributed by atoms with Crippen molar-refractivity contribution >= 4 is 0 Å². The summed E-state index contributed by atoms with van der Waals surface area (Å²) >= 11 is 0. The lowest BCUT2D eigenvalue weighted by molar-refractivity contribution is 0.231. The maximum atomic E-state index is 8.79. The van der Waals surface area contributed by atoms with Crippen LogP contribution >= 0.6 is 0 Å². The van der Waals surface area contributed by atoms with Crippen molar-refractivity contribution in [1.82, 2.24) is 14.9 Å². The van der Waals surface area contributed by atoms with Crippen LogP contribution in [0.2, 0.25) is 0 Å². The SMILES string of the molecule is N#Cc1nccnc1OCCN1CCCC1. The van der Waals surface area contributed by atoms with E-state index < -0.39 is 0 Å². The first-order chi connectivity index (χ1) is 7.90. The van der Waals surface area contributed by atoms with Gasteiger partial charge in [0.1, 0.15) is 12.7 Å². The van der Waals surface area contributed by atoms with E-state index in [1.807, 2.05) is 6.07 Å². The predicted octanol–water partition coefficient (Wildman–Crippen LogP) is 0.823. The van der Waals surface area contributed by atoms with Crippen molar-refractivity contribution < 1.29 is 4.74 Å². The molecule has 2 heterocycles. The summed E-state index contributed by atoms with van der Waals surface area (Å²) in [6, 6.07) is 1.96. The number of nitrogens with zero attached hydrogens (tertiary/aromatic N) is 4. The van der Waals surface area contributed by atoms with E-state index in [-0.39, 0.29) is 5.69 Å². The van der Waals surface area contributed by atoms with E-state index in [0.29, 0.717) is 12.5 Å². The summed E-state index contributed by atoms with van der Waals surface area (Å²) < 4.78 is 5.45. The minimum absolute atomic E-state index is 0.254. The number of rotatable bonds is 4. The van der Waals surface area contributed by atoms with Crippen LogP contribution in [0.4, 0.5) is 0 Å². The quantitative estimate of drug-likeness (QED) is 0.748. The first-order valence-electron chi connectivity index (χ1n) is 5.46. The third kappa shape index (κ3) is 2.67. The Morgan fingerprint density at radius 2 is 2.06 bits per heavy atom. The average molecular weight is 218 g/mol. The molecule has 1 aromatic rings. The second-order valence-electron chi connectivity index (χ2n) is 3.72.